The van der Waals surface area contributed by atoms with E-state index >= 15 is 0 Å². The normalized spacial score (nSPS) is 11.0. The molecule has 108 valence electrons. The van der Waals surface area contributed by atoms with Crippen LogP contribution in [-0.4, -0.2) is 55.8 Å². The first kappa shape index (κ1) is 14.7. The third-order valence-corrected chi connectivity index (χ3v) is 3.08. The molecule has 0 fully saturated rings. The van der Waals surface area contributed by atoms with Gasteiger partial charge < -0.3 is 10.2 Å². The number of rotatable bonds is 7. The van der Waals surface area contributed by atoms with Crippen molar-refractivity contribution in [3.8, 4) is 5.95 Å². The van der Waals surface area contributed by atoms with Gasteiger partial charge in [-0.3, -0.25) is 0 Å². The lowest BCUT2D eigenvalue weighted by molar-refractivity contribution is 0.316. The molecule has 1 N–H and O–H groups in total. The lowest BCUT2D eigenvalue weighted by Gasteiger charge is -2.17. The summed E-state index contributed by atoms with van der Waals surface area (Å²) in [5.74, 6) is 0.864. The van der Waals surface area contributed by atoms with Gasteiger partial charge in [0.1, 0.15) is 0 Å². The van der Waals surface area contributed by atoms with Gasteiger partial charge in [-0.1, -0.05) is 13.8 Å². The topological polar surface area (TPSA) is 71.8 Å². The van der Waals surface area contributed by atoms with Crippen LogP contribution in [0.3, 0.4) is 0 Å². The molecule has 2 heterocycles. The van der Waals surface area contributed by atoms with Crippen molar-refractivity contribution in [2.24, 2.45) is 0 Å². The lowest BCUT2D eigenvalue weighted by Crippen LogP contribution is -2.29. The van der Waals surface area contributed by atoms with E-state index in [-0.39, 0.29) is 5.28 Å². The minimum absolute atomic E-state index is 0.149. The summed E-state index contributed by atoms with van der Waals surface area (Å²) < 4.78 is 1.54. The first-order valence-corrected chi connectivity index (χ1v) is 6.98. The Morgan fingerprint density at radius 2 is 2.05 bits per heavy atom. The molecule has 2 aromatic rings. The van der Waals surface area contributed by atoms with Crippen LogP contribution in [0.1, 0.15) is 13.8 Å². The van der Waals surface area contributed by atoms with Gasteiger partial charge in [0.2, 0.25) is 11.2 Å². The van der Waals surface area contributed by atoms with Gasteiger partial charge in [0, 0.05) is 25.5 Å². The number of likely N-dealkylation sites (N-methyl/N-ethyl adjacent to an activating group) is 1. The summed E-state index contributed by atoms with van der Waals surface area (Å²) in [7, 11) is 0. The van der Waals surface area contributed by atoms with E-state index in [1.54, 1.807) is 23.1 Å². The SMILES string of the molecule is CCN(CC)CCNc1nc(Cl)nc(-n2cccn2)n1. The monoisotopic (exact) mass is 295 g/mol. The molecule has 0 aromatic carbocycles. The Balaban J connectivity index is 2.02. The van der Waals surface area contributed by atoms with Gasteiger partial charge in [0.05, 0.1) is 0 Å². The zero-order chi connectivity index (χ0) is 14.4. The predicted molar refractivity (Wildman–Crippen MR) is 78.2 cm³/mol. The smallest absolute Gasteiger partial charge is 0.256 e. The lowest BCUT2D eigenvalue weighted by atomic mass is 10.4. The van der Waals surface area contributed by atoms with Crippen molar-refractivity contribution in [2.75, 3.05) is 31.5 Å². The van der Waals surface area contributed by atoms with Crippen LogP contribution in [0.4, 0.5) is 5.95 Å². The summed E-state index contributed by atoms with van der Waals surface area (Å²) in [5.41, 5.74) is 0. The van der Waals surface area contributed by atoms with Crippen molar-refractivity contribution < 1.29 is 0 Å². The van der Waals surface area contributed by atoms with Gasteiger partial charge in [0.25, 0.3) is 5.95 Å². The van der Waals surface area contributed by atoms with E-state index in [0.29, 0.717) is 11.9 Å². The second kappa shape index (κ2) is 7.16. The molecule has 0 radical (unpaired) electrons. The van der Waals surface area contributed by atoms with Crippen LogP contribution in [0, 0.1) is 0 Å². The molecule has 0 amide bonds. The molecule has 20 heavy (non-hydrogen) atoms. The minimum Gasteiger partial charge on any atom is -0.353 e. The maximum absolute atomic E-state index is 5.91. The number of hydrogen-bond donors (Lipinski definition) is 1. The molecular weight excluding hydrogens is 278 g/mol. The third kappa shape index (κ3) is 3.88. The molecule has 0 atom stereocenters. The van der Waals surface area contributed by atoms with Crippen LogP contribution in [0.5, 0.6) is 0 Å². The average Bonchev–Trinajstić information content (AvgIpc) is 2.97. The Bertz CT molecular complexity index is 525. The van der Waals surface area contributed by atoms with Crippen molar-refractivity contribution in [3.05, 3.63) is 23.7 Å². The number of nitrogens with zero attached hydrogens (tertiary/aromatic N) is 6. The van der Waals surface area contributed by atoms with Crippen molar-refractivity contribution in [1.82, 2.24) is 29.6 Å². The maximum Gasteiger partial charge on any atom is 0.256 e. The van der Waals surface area contributed by atoms with E-state index in [1.807, 2.05) is 0 Å². The Kier molecular flexibility index (Phi) is 5.25. The molecule has 0 spiro atoms. The summed E-state index contributed by atoms with van der Waals surface area (Å²) in [6.45, 7) is 8.00. The maximum atomic E-state index is 5.91. The van der Waals surface area contributed by atoms with Crippen LogP contribution in [0.25, 0.3) is 5.95 Å². The third-order valence-electron chi connectivity index (χ3n) is 2.91. The number of aromatic nitrogens is 5. The fourth-order valence-corrected chi connectivity index (χ4v) is 1.93. The molecule has 0 saturated heterocycles. The second-order valence-corrected chi connectivity index (χ2v) is 4.47. The Hall–Kier alpha value is -1.73. The Labute approximate surface area is 123 Å². The molecule has 2 aromatic heterocycles. The summed E-state index contributed by atoms with van der Waals surface area (Å²) in [5, 5.41) is 7.38. The standard InChI is InChI=1S/C12H18ClN7/c1-3-19(4-2)9-7-14-11-16-10(13)17-12(18-11)20-8-5-6-15-20/h5-6,8H,3-4,7,9H2,1-2H3,(H,14,16,17,18). The average molecular weight is 296 g/mol. The van der Waals surface area contributed by atoms with E-state index in [9.17, 15) is 0 Å². The molecule has 8 heteroatoms. The number of nitrogens with one attached hydrogen (secondary N) is 1. The van der Waals surface area contributed by atoms with E-state index in [4.69, 9.17) is 11.6 Å². The van der Waals surface area contributed by atoms with E-state index < -0.39 is 0 Å². The van der Waals surface area contributed by atoms with E-state index in [1.165, 1.54) is 0 Å². The quantitative estimate of drug-likeness (QED) is 0.834. The summed E-state index contributed by atoms with van der Waals surface area (Å²) >= 11 is 5.91. The van der Waals surface area contributed by atoms with Gasteiger partial charge >= 0.3 is 0 Å². The van der Waals surface area contributed by atoms with E-state index in [2.05, 4.69) is 44.1 Å². The van der Waals surface area contributed by atoms with Crippen molar-refractivity contribution in [3.63, 3.8) is 0 Å². The van der Waals surface area contributed by atoms with Crippen molar-refractivity contribution in [2.45, 2.75) is 13.8 Å². The van der Waals surface area contributed by atoms with Gasteiger partial charge in [-0.05, 0) is 30.8 Å². The van der Waals surface area contributed by atoms with Crippen LogP contribution in [0.15, 0.2) is 18.5 Å². The summed E-state index contributed by atoms with van der Waals surface area (Å²) in [4.78, 5) is 14.7. The Morgan fingerprint density at radius 3 is 2.70 bits per heavy atom. The second-order valence-electron chi connectivity index (χ2n) is 4.13. The molecule has 0 saturated carbocycles. The van der Waals surface area contributed by atoms with Crippen LogP contribution < -0.4 is 5.32 Å². The van der Waals surface area contributed by atoms with Gasteiger partial charge in [0.15, 0.2) is 0 Å². The zero-order valence-corrected chi connectivity index (χ0v) is 12.4. The summed E-state index contributed by atoms with van der Waals surface area (Å²) in [6.07, 6.45) is 3.41. The van der Waals surface area contributed by atoms with E-state index in [0.717, 1.165) is 26.2 Å². The Morgan fingerprint density at radius 1 is 1.25 bits per heavy atom. The van der Waals surface area contributed by atoms with Crippen LogP contribution >= 0.6 is 11.6 Å². The number of hydrogen-bond acceptors (Lipinski definition) is 6. The predicted octanol–water partition coefficient (Wildman–Crippen LogP) is 1.46. The first-order valence-electron chi connectivity index (χ1n) is 6.60. The molecule has 0 aliphatic heterocycles. The van der Waals surface area contributed by atoms with Crippen molar-refractivity contribution >= 4 is 17.5 Å². The molecule has 0 aliphatic carbocycles. The highest BCUT2D eigenvalue weighted by Crippen LogP contribution is 2.08. The number of halogens is 1. The highest BCUT2D eigenvalue weighted by atomic mass is 35.5. The zero-order valence-electron chi connectivity index (χ0n) is 11.6. The van der Waals surface area contributed by atoms with Crippen LogP contribution in [0.2, 0.25) is 5.28 Å². The van der Waals surface area contributed by atoms with Gasteiger partial charge in [-0.25, -0.2) is 4.68 Å². The summed E-state index contributed by atoms with van der Waals surface area (Å²) in [6, 6.07) is 1.80. The molecule has 2 rings (SSSR count). The van der Waals surface area contributed by atoms with Crippen molar-refractivity contribution in [1.29, 1.82) is 0 Å². The molecule has 7 nitrogen and oxygen atoms in total. The minimum atomic E-state index is 0.149. The number of anilines is 1. The molecule has 0 bridgehead atoms. The molecule has 0 unspecified atom stereocenters. The fourth-order valence-electron chi connectivity index (χ4n) is 1.77. The highest BCUT2D eigenvalue weighted by Gasteiger charge is 2.07. The van der Waals surface area contributed by atoms with Gasteiger partial charge in [-0.15, -0.1) is 0 Å². The largest absolute Gasteiger partial charge is 0.353 e. The van der Waals surface area contributed by atoms with Crippen LogP contribution in [-0.2, 0) is 0 Å². The molecule has 0 aliphatic rings. The first-order chi connectivity index (χ1) is 9.72. The molecular formula is C12H18ClN7. The van der Waals surface area contributed by atoms with Gasteiger partial charge in [-0.2, -0.15) is 20.1 Å². The highest BCUT2D eigenvalue weighted by molar-refractivity contribution is 6.28. The fraction of sp³-hybridized carbons (Fsp3) is 0.500.